The Morgan fingerprint density at radius 2 is 2.28 bits per heavy atom. The smallest absolute Gasteiger partial charge is 0.148 e. The standard InChI is InChI=1S/C12H19BrN4O/c1-12(18-3)5-4-6-17(7-12)11-9(13)10(14-2)15-8-16-11/h8H,4-7H2,1-3H3,(H,14,15,16). The normalized spacial score (nSPS) is 24.1. The quantitative estimate of drug-likeness (QED) is 0.927. The second-order valence-corrected chi connectivity index (χ2v) is 5.58. The van der Waals surface area contributed by atoms with Crippen molar-refractivity contribution in [1.29, 1.82) is 0 Å². The van der Waals surface area contributed by atoms with Gasteiger partial charge in [0.15, 0.2) is 0 Å². The molecular weight excluding hydrogens is 296 g/mol. The van der Waals surface area contributed by atoms with Crippen LogP contribution in [0.2, 0.25) is 0 Å². The SMILES string of the molecule is CNc1ncnc(N2CCCC(C)(OC)C2)c1Br. The van der Waals surface area contributed by atoms with Crippen molar-refractivity contribution in [2.24, 2.45) is 0 Å². The molecule has 0 spiro atoms. The van der Waals surface area contributed by atoms with Crippen LogP contribution in [-0.2, 0) is 4.74 Å². The Bertz CT molecular complexity index is 429. The maximum Gasteiger partial charge on any atom is 0.148 e. The molecule has 0 amide bonds. The molecule has 5 nitrogen and oxygen atoms in total. The second kappa shape index (κ2) is 5.40. The Balaban J connectivity index is 2.26. The number of anilines is 2. The van der Waals surface area contributed by atoms with Gasteiger partial charge in [-0.2, -0.15) is 0 Å². The third-order valence-corrected chi connectivity index (χ3v) is 4.19. The molecule has 0 saturated carbocycles. The topological polar surface area (TPSA) is 50.3 Å². The molecule has 2 heterocycles. The third-order valence-electron chi connectivity index (χ3n) is 3.46. The number of rotatable bonds is 3. The van der Waals surface area contributed by atoms with Gasteiger partial charge in [-0.05, 0) is 35.7 Å². The maximum absolute atomic E-state index is 5.61. The van der Waals surface area contributed by atoms with Gasteiger partial charge >= 0.3 is 0 Å². The lowest BCUT2D eigenvalue weighted by Gasteiger charge is -2.40. The molecule has 0 aromatic carbocycles. The molecule has 1 aromatic rings. The first-order valence-electron chi connectivity index (χ1n) is 6.08. The largest absolute Gasteiger partial charge is 0.377 e. The van der Waals surface area contributed by atoms with Crippen molar-refractivity contribution in [2.45, 2.75) is 25.4 Å². The summed E-state index contributed by atoms with van der Waals surface area (Å²) in [4.78, 5) is 10.8. The van der Waals surface area contributed by atoms with Crippen molar-refractivity contribution in [3.8, 4) is 0 Å². The lowest BCUT2D eigenvalue weighted by atomic mass is 9.95. The second-order valence-electron chi connectivity index (χ2n) is 4.79. The molecule has 2 rings (SSSR count). The third kappa shape index (κ3) is 2.59. The average molecular weight is 315 g/mol. The molecule has 1 aromatic heterocycles. The number of ether oxygens (including phenoxy) is 1. The Kier molecular flexibility index (Phi) is 4.07. The summed E-state index contributed by atoms with van der Waals surface area (Å²) in [7, 11) is 3.63. The van der Waals surface area contributed by atoms with Crippen LogP contribution in [-0.4, -0.2) is 42.8 Å². The minimum absolute atomic E-state index is 0.0948. The zero-order valence-corrected chi connectivity index (χ0v) is 12.6. The minimum atomic E-state index is -0.0948. The zero-order chi connectivity index (χ0) is 13.2. The Labute approximate surface area is 116 Å². The van der Waals surface area contributed by atoms with Crippen LogP contribution in [0.3, 0.4) is 0 Å². The predicted octanol–water partition coefficient (Wildman–Crippen LogP) is 2.29. The number of aromatic nitrogens is 2. The van der Waals surface area contributed by atoms with E-state index in [9.17, 15) is 0 Å². The average Bonchev–Trinajstić information content (AvgIpc) is 2.39. The molecule has 1 saturated heterocycles. The minimum Gasteiger partial charge on any atom is -0.377 e. The van der Waals surface area contributed by atoms with E-state index in [1.165, 1.54) is 0 Å². The molecule has 6 heteroatoms. The fourth-order valence-electron chi connectivity index (χ4n) is 2.31. The fourth-order valence-corrected chi connectivity index (χ4v) is 2.96. The van der Waals surface area contributed by atoms with Crippen LogP contribution in [0.4, 0.5) is 11.6 Å². The first-order valence-corrected chi connectivity index (χ1v) is 6.87. The summed E-state index contributed by atoms with van der Waals surface area (Å²) in [5.74, 6) is 1.74. The summed E-state index contributed by atoms with van der Waals surface area (Å²) in [6.45, 7) is 3.99. The lowest BCUT2D eigenvalue weighted by molar-refractivity contribution is -0.00484. The number of piperidine rings is 1. The molecule has 1 aliphatic rings. The lowest BCUT2D eigenvalue weighted by Crippen LogP contribution is -2.47. The molecule has 1 unspecified atom stereocenters. The summed E-state index contributed by atoms with van der Waals surface area (Å²) in [6, 6.07) is 0. The number of nitrogens with zero attached hydrogens (tertiary/aromatic N) is 3. The fraction of sp³-hybridized carbons (Fsp3) is 0.667. The summed E-state index contributed by atoms with van der Waals surface area (Å²) in [5, 5.41) is 3.05. The van der Waals surface area contributed by atoms with Gasteiger partial charge in [0, 0.05) is 27.2 Å². The first-order chi connectivity index (χ1) is 8.59. The van der Waals surface area contributed by atoms with E-state index in [1.807, 2.05) is 7.05 Å². The number of hydrogen-bond acceptors (Lipinski definition) is 5. The van der Waals surface area contributed by atoms with E-state index in [0.717, 1.165) is 42.0 Å². The molecule has 18 heavy (non-hydrogen) atoms. The molecule has 1 fully saturated rings. The van der Waals surface area contributed by atoms with Crippen LogP contribution in [0.25, 0.3) is 0 Å². The number of hydrogen-bond donors (Lipinski definition) is 1. The molecule has 1 aliphatic heterocycles. The van der Waals surface area contributed by atoms with E-state index in [1.54, 1.807) is 13.4 Å². The summed E-state index contributed by atoms with van der Waals surface area (Å²) in [5.41, 5.74) is -0.0948. The number of methoxy groups -OCH3 is 1. The van der Waals surface area contributed by atoms with Crippen molar-refractivity contribution in [1.82, 2.24) is 9.97 Å². The van der Waals surface area contributed by atoms with E-state index in [4.69, 9.17) is 4.74 Å². The van der Waals surface area contributed by atoms with Crippen molar-refractivity contribution in [3.05, 3.63) is 10.8 Å². The van der Waals surface area contributed by atoms with E-state index in [-0.39, 0.29) is 5.60 Å². The van der Waals surface area contributed by atoms with Crippen LogP contribution >= 0.6 is 15.9 Å². The molecule has 100 valence electrons. The molecule has 0 bridgehead atoms. The van der Waals surface area contributed by atoms with Crippen LogP contribution in [0, 0.1) is 0 Å². The Morgan fingerprint density at radius 3 is 2.94 bits per heavy atom. The summed E-state index contributed by atoms with van der Waals surface area (Å²) in [6.07, 6.45) is 3.78. The van der Waals surface area contributed by atoms with Gasteiger partial charge in [-0.1, -0.05) is 0 Å². The first kappa shape index (κ1) is 13.5. The van der Waals surface area contributed by atoms with E-state index >= 15 is 0 Å². The molecular formula is C12H19BrN4O. The van der Waals surface area contributed by atoms with Crippen molar-refractivity contribution in [3.63, 3.8) is 0 Å². The molecule has 1 atom stereocenters. The maximum atomic E-state index is 5.61. The van der Waals surface area contributed by atoms with E-state index < -0.39 is 0 Å². The van der Waals surface area contributed by atoms with Crippen LogP contribution in [0.1, 0.15) is 19.8 Å². The molecule has 0 radical (unpaired) electrons. The van der Waals surface area contributed by atoms with Gasteiger partial charge in [0.1, 0.15) is 22.4 Å². The van der Waals surface area contributed by atoms with Crippen LogP contribution in [0.5, 0.6) is 0 Å². The van der Waals surface area contributed by atoms with E-state index in [0.29, 0.717) is 0 Å². The van der Waals surface area contributed by atoms with Crippen molar-refractivity contribution < 1.29 is 4.74 Å². The zero-order valence-electron chi connectivity index (χ0n) is 11.0. The highest BCUT2D eigenvalue weighted by Gasteiger charge is 2.32. The van der Waals surface area contributed by atoms with Crippen LogP contribution in [0.15, 0.2) is 10.8 Å². The molecule has 0 aliphatic carbocycles. The van der Waals surface area contributed by atoms with Crippen LogP contribution < -0.4 is 10.2 Å². The van der Waals surface area contributed by atoms with Gasteiger partial charge in [0.05, 0.1) is 5.60 Å². The van der Waals surface area contributed by atoms with Gasteiger partial charge in [-0.15, -0.1) is 0 Å². The van der Waals surface area contributed by atoms with E-state index in [2.05, 4.69) is 43.0 Å². The Morgan fingerprint density at radius 1 is 1.50 bits per heavy atom. The Hall–Kier alpha value is -0.880. The van der Waals surface area contributed by atoms with Gasteiger partial charge in [-0.25, -0.2) is 9.97 Å². The van der Waals surface area contributed by atoms with Gasteiger partial charge in [0.2, 0.25) is 0 Å². The van der Waals surface area contributed by atoms with Gasteiger partial charge < -0.3 is 15.0 Å². The highest BCUT2D eigenvalue weighted by atomic mass is 79.9. The predicted molar refractivity (Wildman–Crippen MR) is 76.1 cm³/mol. The number of halogens is 1. The van der Waals surface area contributed by atoms with Crippen molar-refractivity contribution in [2.75, 3.05) is 37.5 Å². The summed E-state index contributed by atoms with van der Waals surface area (Å²) >= 11 is 3.57. The highest BCUT2D eigenvalue weighted by molar-refractivity contribution is 9.10. The van der Waals surface area contributed by atoms with Gasteiger partial charge in [0.25, 0.3) is 0 Å². The highest BCUT2D eigenvalue weighted by Crippen LogP contribution is 2.33. The molecule has 1 N–H and O–H groups in total. The van der Waals surface area contributed by atoms with Gasteiger partial charge in [-0.3, -0.25) is 0 Å². The summed E-state index contributed by atoms with van der Waals surface area (Å²) < 4.78 is 6.52. The number of nitrogens with one attached hydrogen (secondary N) is 1. The monoisotopic (exact) mass is 314 g/mol. The van der Waals surface area contributed by atoms with Crippen molar-refractivity contribution >= 4 is 27.6 Å².